The molecule has 32 heavy (non-hydrogen) atoms. The summed E-state index contributed by atoms with van der Waals surface area (Å²) in [6.07, 6.45) is 11.0. The van der Waals surface area contributed by atoms with Gasteiger partial charge in [-0.05, 0) is 37.0 Å². The van der Waals surface area contributed by atoms with Gasteiger partial charge in [0.2, 0.25) is 5.91 Å². The van der Waals surface area contributed by atoms with Gasteiger partial charge in [-0.3, -0.25) is 9.32 Å². The first-order valence-electron chi connectivity index (χ1n) is 11.6. The number of carbonyl (C=O) groups is 1. The minimum Gasteiger partial charge on any atom is -0.494 e. The molecule has 1 heterocycles. The fourth-order valence-electron chi connectivity index (χ4n) is 3.86. The van der Waals surface area contributed by atoms with E-state index in [-0.39, 0.29) is 18.6 Å². The van der Waals surface area contributed by atoms with Crippen molar-refractivity contribution >= 4 is 13.7 Å². The van der Waals surface area contributed by atoms with E-state index in [1.807, 2.05) is 24.3 Å². The van der Waals surface area contributed by atoms with Gasteiger partial charge >= 0.3 is 7.82 Å². The SMILES string of the molecule is CCCCCCCCCCOc1cccc(CCC(=O)N2CC[C@@H](OP(=O)(O)O)C2)c1.N. The Bertz CT molecular complexity index is 711. The Kier molecular flexibility index (Phi) is 13.8. The van der Waals surface area contributed by atoms with Crippen molar-refractivity contribution in [3.8, 4) is 5.75 Å². The van der Waals surface area contributed by atoms with Gasteiger partial charge in [-0.1, -0.05) is 64.0 Å². The third-order valence-corrected chi connectivity index (χ3v) is 6.15. The summed E-state index contributed by atoms with van der Waals surface area (Å²) < 4.78 is 21.5. The van der Waals surface area contributed by atoms with Crippen LogP contribution in [0.4, 0.5) is 0 Å². The average molecular weight is 473 g/mol. The van der Waals surface area contributed by atoms with Crippen LogP contribution in [0, 0.1) is 0 Å². The van der Waals surface area contributed by atoms with Crippen LogP contribution in [0.2, 0.25) is 0 Å². The van der Waals surface area contributed by atoms with Crippen molar-refractivity contribution in [2.45, 2.75) is 83.7 Å². The molecule has 1 amide bonds. The summed E-state index contributed by atoms with van der Waals surface area (Å²) in [5, 5.41) is 0. The standard InChI is InChI=1S/C23H38NO6P.H3N/c1-2-3-4-5-6-7-8-9-17-29-21-12-10-11-20(18-21)13-14-23(25)24-16-15-22(19-24)30-31(26,27)28;/h10-12,18,22H,2-9,13-17,19H2,1H3,(H2,26,27,28);1H3/t22-;/m1./s1. The second-order valence-corrected chi connectivity index (χ2v) is 9.51. The van der Waals surface area contributed by atoms with Crippen molar-refractivity contribution in [2.24, 2.45) is 0 Å². The van der Waals surface area contributed by atoms with E-state index in [2.05, 4.69) is 6.92 Å². The lowest BCUT2D eigenvalue weighted by molar-refractivity contribution is -0.130. The van der Waals surface area contributed by atoms with E-state index in [9.17, 15) is 9.36 Å². The summed E-state index contributed by atoms with van der Waals surface area (Å²) in [5.41, 5.74) is 1.05. The van der Waals surface area contributed by atoms with Crippen molar-refractivity contribution in [3.63, 3.8) is 0 Å². The Labute approximate surface area is 192 Å². The van der Waals surface area contributed by atoms with Gasteiger partial charge in [-0.15, -0.1) is 0 Å². The third kappa shape index (κ3) is 12.0. The lowest BCUT2D eigenvalue weighted by Gasteiger charge is -2.17. The molecule has 0 unspecified atom stereocenters. The molecule has 2 rings (SSSR count). The predicted molar refractivity (Wildman–Crippen MR) is 126 cm³/mol. The molecule has 1 aromatic rings. The van der Waals surface area contributed by atoms with Crippen LogP contribution in [0.25, 0.3) is 0 Å². The van der Waals surface area contributed by atoms with Crippen LogP contribution < -0.4 is 10.9 Å². The Balaban J connectivity index is 0.00000512. The number of carbonyl (C=O) groups excluding carboxylic acids is 1. The van der Waals surface area contributed by atoms with Gasteiger partial charge in [0, 0.05) is 19.5 Å². The maximum Gasteiger partial charge on any atom is 0.469 e. The van der Waals surface area contributed by atoms with Crippen LogP contribution in [0.5, 0.6) is 5.75 Å². The number of benzene rings is 1. The molecule has 5 N–H and O–H groups in total. The lowest BCUT2D eigenvalue weighted by atomic mass is 10.1. The number of likely N-dealkylation sites (tertiary alicyclic amines) is 1. The molecule has 1 fully saturated rings. The number of rotatable bonds is 15. The number of ether oxygens (including phenoxy) is 1. The van der Waals surface area contributed by atoms with Gasteiger partial charge < -0.3 is 25.6 Å². The molecule has 1 aromatic carbocycles. The van der Waals surface area contributed by atoms with E-state index < -0.39 is 13.9 Å². The summed E-state index contributed by atoms with van der Waals surface area (Å²) >= 11 is 0. The van der Waals surface area contributed by atoms with E-state index in [0.717, 1.165) is 17.7 Å². The smallest absolute Gasteiger partial charge is 0.469 e. The van der Waals surface area contributed by atoms with Crippen LogP contribution in [0.3, 0.4) is 0 Å². The van der Waals surface area contributed by atoms with Gasteiger partial charge in [0.25, 0.3) is 0 Å². The molecule has 0 aliphatic carbocycles. The summed E-state index contributed by atoms with van der Waals surface area (Å²) in [7, 11) is -4.51. The molecule has 0 spiro atoms. The van der Waals surface area contributed by atoms with Gasteiger partial charge in [-0.2, -0.15) is 0 Å². The molecule has 1 saturated heterocycles. The highest BCUT2D eigenvalue weighted by Crippen LogP contribution is 2.39. The Hall–Kier alpha value is -1.44. The number of phosphoric acid groups is 1. The fourth-order valence-corrected chi connectivity index (χ4v) is 4.42. The van der Waals surface area contributed by atoms with E-state index in [1.165, 1.54) is 44.9 Å². The normalized spacial score (nSPS) is 16.1. The largest absolute Gasteiger partial charge is 0.494 e. The topological polar surface area (TPSA) is 131 Å². The van der Waals surface area contributed by atoms with Crippen molar-refractivity contribution in [2.75, 3.05) is 19.7 Å². The number of hydrogen-bond donors (Lipinski definition) is 3. The molecular formula is C23H41N2O6P. The summed E-state index contributed by atoms with van der Waals surface area (Å²) in [6.45, 7) is 3.64. The van der Waals surface area contributed by atoms with E-state index in [4.69, 9.17) is 19.0 Å². The summed E-state index contributed by atoms with van der Waals surface area (Å²) in [6, 6.07) is 7.87. The maximum atomic E-state index is 12.4. The predicted octanol–water partition coefficient (Wildman–Crippen LogP) is 5.01. The highest BCUT2D eigenvalue weighted by Gasteiger charge is 2.31. The number of aryl methyl sites for hydroxylation is 1. The Morgan fingerprint density at radius 3 is 2.50 bits per heavy atom. The molecule has 0 bridgehead atoms. The summed E-state index contributed by atoms with van der Waals surface area (Å²) in [5.74, 6) is 0.811. The van der Waals surface area contributed by atoms with Crippen molar-refractivity contribution < 1.29 is 28.4 Å². The minimum atomic E-state index is -4.51. The lowest BCUT2D eigenvalue weighted by Crippen LogP contribution is -2.30. The zero-order valence-corrected chi connectivity index (χ0v) is 20.3. The van der Waals surface area contributed by atoms with Gasteiger partial charge in [-0.25, -0.2) is 4.57 Å². The van der Waals surface area contributed by atoms with Crippen molar-refractivity contribution in [3.05, 3.63) is 29.8 Å². The zero-order chi connectivity index (χ0) is 22.5. The van der Waals surface area contributed by atoms with Crippen LogP contribution in [-0.4, -0.2) is 46.4 Å². The quantitative estimate of drug-likeness (QED) is 0.241. The number of amides is 1. The minimum absolute atomic E-state index is 0. The number of nitrogens with zero attached hydrogens (tertiary/aromatic N) is 1. The molecule has 1 atom stereocenters. The highest BCUT2D eigenvalue weighted by atomic mass is 31.2. The first-order chi connectivity index (χ1) is 14.9. The van der Waals surface area contributed by atoms with Crippen LogP contribution in [0.15, 0.2) is 24.3 Å². The monoisotopic (exact) mass is 472 g/mol. The van der Waals surface area contributed by atoms with Crippen LogP contribution in [0.1, 0.15) is 76.7 Å². The molecule has 1 aliphatic heterocycles. The molecule has 8 nitrogen and oxygen atoms in total. The highest BCUT2D eigenvalue weighted by molar-refractivity contribution is 7.46. The second kappa shape index (κ2) is 15.4. The maximum absolute atomic E-state index is 12.4. The molecular weight excluding hydrogens is 431 g/mol. The second-order valence-electron chi connectivity index (χ2n) is 8.32. The Morgan fingerprint density at radius 1 is 1.12 bits per heavy atom. The number of phosphoric ester groups is 1. The zero-order valence-electron chi connectivity index (χ0n) is 19.4. The van der Waals surface area contributed by atoms with Crippen LogP contribution >= 0.6 is 7.82 Å². The molecule has 184 valence electrons. The first-order valence-corrected chi connectivity index (χ1v) is 13.1. The Morgan fingerprint density at radius 2 is 1.81 bits per heavy atom. The van der Waals surface area contributed by atoms with Crippen LogP contribution in [-0.2, 0) is 20.3 Å². The van der Waals surface area contributed by atoms with E-state index in [0.29, 0.717) is 32.4 Å². The van der Waals surface area contributed by atoms with E-state index in [1.54, 1.807) is 4.90 Å². The van der Waals surface area contributed by atoms with Crippen molar-refractivity contribution in [1.29, 1.82) is 0 Å². The van der Waals surface area contributed by atoms with Gasteiger partial charge in [0.05, 0.1) is 12.7 Å². The third-order valence-electron chi connectivity index (χ3n) is 5.58. The number of hydrogen-bond acceptors (Lipinski definition) is 5. The first kappa shape index (κ1) is 28.6. The molecule has 0 radical (unpaired) electrons. The van der Waals surface area contributed by atoms with Gasteiger partial charge in [0.1, 0.15) is 5.75 Å². The summed E-state index contributed by atoms with van der Waals surface area (Å²) in [4.78, 5) is 31.8. The fraction of sp³-hybridized carbons (Fsp3) is 0.696. The molecule has 9 heteroatoms. The van der Waals surface area contributed by atoms with Gasteiger partial charge in [0.15, 0.2) is 0 Å². The van der Waals surface area contributed by atoms with E-state index >= 15 is 0 Å². The molecule has 1 aliphatic rings. The van der Waals surface area contributed by atoms with Crippen molar-refractivity contribution in [1.82, 2.24) is 11.1 Å². The number of unbranched alkanes of at least 4 members (excludes halogenated alkanes) is 7. The molecule has 0 saturated carbocycles. The average Bonchev–Trinajstić information content (AvgIpc) is 3.18. The molecule has 0 aromatic heterocycles.